The van der Waals surface area contributed by atoms with Crippen LogP contribution in [-0.2, 0) is 58.1 Å². The van der Waals surface area contributed by atoms with Crippen molar-refractivity contribution in [2.75, 3.05) is 54.0 Å². The van der Waals surface area contributed by atoms with Crippen molar-refractivity contribution in [2.24, 2.45) is 17.3 Å². The first-order valence-corrected chi connectivity index (χ1v) is 25.2. The number of hydrogen-bond donors (Lipinski definition) is 3. The van der Waals surface area contributed by atoms with Gasteiger partial charge in [0.1, 0.15) is 29.2 Å². The number of sulfonamides is 1. The van der Waals surface area contributed by atoms with E-state index in [1.165, 1.54) is 21.3 Å². The number of methoxy groups -OCH3 is 1. The van der Waals surface area contributed by atoms with Crippen molar-refractivity contribution >= 4 is 44.6 Å². The van der Waals surface area contributed by atoms with Crippen LogP contribution < -0.4 is 10.7 Å². The topological polar surface area (TPSA) is 196 Å². The Kier molecular flexibility index (Phi) is 13.8. The van der Waals surface area contributed by atoms with E-state index in [2.05, 4.69) is 54.3 Å². The van der Waals surface area contributed by atoms with Crippen molar-refractivity contribution in [1.82, 2.24) is 39.4 Å². The van der Waals surface area contributed by atoms with Crippen molar-refractivity contribution in [2.45, 2.75) is 103 Å². The number of rotatable bonds is 11. The number of hydrogen-bond acceptors (Lipinski definition) is 12. The molecule has 4 aliphatic rings. The molecule has 18 heteroatoms. The number of nitrogens with one attached hydrogen (secondary N) is 2. The van der Waals surface area contributed by atoms with Gasteiger partial charge in [-0.05, 0) is 105 Å². The standard InChI is InChI=1S/C50H66N8O9S/c1-10-57-41-16-15-32-23-37(41)38(45(57)36-13-11-17-51-43(36)30(4)66-9)24-50(5,6)28-67-49(63)39-14-12-18-58(53-39)48(62)40(21-31-19-33(32)22-35(59)20-31)52-46(60)44(29(2)3)55(8)47(61)34-25-56(26-34)68(64,65)42-27-54(42)7/h11,13,15-17,19-20,22-23,29-30,34,39-40,42,44,53,59H,10,12,14,18,21,24-28H2,1-9H3,(H,52,60)/t30-,39-,40-,42+,44-,54?/m0/s1. The van der Waals surface area contributed by atoms with Gasteiger partial charge in [-0.15, -0.1) is 0 Å². The fourth-order valence-electron chi connectivity index (χ4n) is 10.2. The Morgan fingerprint density at radius 2 is 1.81 bits per heavy atom. The second kappa shape index (κ2) is 19.2. The van der Waals surface area contributed by atoms with Crippen LogP contribution in [0, 0.1) is 17.3 Å². The summed E-state index contributed by atoms with van der Waals surface area (Å²) < 4.78 is 41.4. The van der Waals surface area contributed by atoms with Gasteiger partial charge in [0.15, 0.2) is 0 Å². The van der Waals surface area contributed by atoms with Crippen LogP contribution in [0.25, 0.3) is 33.3 Å². The van der Waals surface area contributed by atoms with E-state index in [4.69, 9.17) is 14.5 Å². The number of carbonyl (C=O) groups is 4. The Morgan fingerprint density at radius 3 is 2.49 bits per heavy atom. The number of benzene rings is 2. The van der Waals surface area contributed by atoms with E-state index in [9.17, 15) is 32.7 Å². The summed E-state index contributed by atoms with van der Waals surface area (Å²) in [5.74, 6) is -2.97. The first-order chi connectivity index (χ1) is 32.2. The van der Waals surface area contributed by atoms with Crippen molar-refractivity contribution in [3.8, 4) is 28.1 Å². The van der Waals surface area contributed by atoms with Gasteiger partial charge in [0, 0.05) is 81.4 Å². The highest BCUT2D eigenvalue weighted by atomic mass is 32.2. The van der Waals surface area contributed by atoms with Crippen LogP contribution in [0.2, 0.25) is 0 Å². The summed E-state index contributed by atoms with van der Waals surface area (Å²) >= 11 is 0. The maximum atomic E-state index is 14.7. The molecule has 4 aromatic rings. The number of phenolic OH excluding ortho intramolecular Hbond substituents is 1. The third kappa shape index (κ3) is 9.62. The van der Waals surface area contributed by atoms with Gasteiger partial charge in [0.2, 0.25) is 21.8 Å². The molecule has 4 aliphatic heterocycles. The minimum Gasteiger partial charge on any atom is -0.508 e. The number of cyclic esters (lactones) is 1. The summed E-state index contributed by atoms with van der Waals surface area (Å²) in [7, 11) is 1.38. The lowest BCUT2D eigenvalue weighted by Gasteiger charge is -2.41. The molecular formula is C50H66N8O9S. The molecule has 2 aromatic heterocycles. The third-order valence-electron chi connectivity index (χ3n) is 14.0. The quantitative estimate of drug-likeness (QED) is 0.141. The van der Waals surface area contributed by atoms with Crippen LogP contribution in [0.4, 0.5) is 0 Å². The molecule has 3 fully saturated rings. The Morgan fingerprint density at radius 1 is 1.07 bits per heavy atom. The van der Waals surface area contributed by atoms with Crippen LogP contribution in [0.15, 0.2) is 54.7 Å². The summed E-state index contributed by atoms with van der Waals surface area (Å²) in [6.45, 7) is 13.3. The molecule has 2 aromatic carbocycles. The number of esters is 1. The van der Waals surface area contributed by atoms with E-state index >= 15 is 0 Å². The molecule has 0 aliphatic carbocycles. The number of hydrazine groups is 1. The third-order valence-corrected chi connectivity index (χ3v) is 16.3. The minimum atomic E-state index is -3.55. The molecule has 1 unspecified atom stereocenters. The summed E-state index contributed by atoms with van der Waals surface area (Å²) in [4.78, 5) is 64.9. The molecule has 3 amide bonds. The zero-order chi connectivity index (χ0) is 49.0. The number of fused-ring (bicyclic) bond motifs is 6. The Labute approximate surface area is 399 Å². The maximum absolute atomic E-state index is 14.7. The first-order valence-electron chi connectivity index (χ1n) is 23.7. The second-order valence-corrected chi connectivity index (χ2v) is 22.2. The highest BCUT2D eigenvalue weighted by Gasteiger charge is 2.51. The molecule has 3 saturated heterocycles. The predicted molar refractivity (Wildman–Crippen MR) is 257 cm³/mol. The van der Waals surface area contributed by atoms with E-state index in [1.807, 2.05) is 25.1 Å². The second-order valence-electron chi connectivity index (χ2n) is 20.1. The Bertz CT molecular complexity index is 2720. The summed E-state index contributed by atoms with van der Waals surface area (Å²) in [6.07, 6.45) is 2.89. The molecule has 17 nitrogen and oxygen atoms in total. The first kappa shape index (κ1) is 49.0. The number of aromatic hydroxyl groups is 1. The van der Waals surface area contributed by atoms with Crippen molar-refractivity contribution in [3.63, 3.8) is 0 Å². The number of phenols is 1. The lowest BCUT2D eigenvalue weighted by Crippen LogP contribution is -2.63. The lowest BCUT2D eigenvalue weighted by atomic mass is 9.84. The molecule has 6 heterocycles. The highest BCUT2D eigenvalue weighted by molar-refractivity contribution is 7.90. The highest BCUT2D eigenvalue weighted by Crippen LogP contribution is 2.42. The summed E-state index contributed by atoms with van der Waals surface area (Å²) in [5, 5.41) is 16.1. The number of ether oxygens (including phenoxy) is 2. The fourth-order valence-corrected chi connectivity index (χ4v) is 12.2. The van der Waals surface area contributed by atoms with Crippen molar-refractivity contribution in [1.29, 1.82) is 0 Å². The van der Waals surface area contributed by atoms with E-state index in [1.54, 1.807) is 51.2 Å². The van der Waals surface area contributed by atoms with Gasteiger partial charge < -0.3 is 29.4 Å². The average Bonchev–Trinajstić information content (AvgIpc) is 3.97. The van der Waals surface area contributed by atoms with E-state index < -0.39 is 68.6 Å². The average molecular weight is 955 g/mol. The zero-order valence-corrected chi connectivity index (χ0v) is 41.4. The maximum Gasteiger partial charge on any atom is 0.324 e. The minimum absolute atomic E-state index is 0.0274. The van der Waals surface area contributed by atoms with Gasteiger partial charge in [-0.1, -0.05) is 39.8 Å². The monoisotopic (exact) mass is 954 g/mol. The summed E-state index contributed by atoms with van der Waals surface area (Å²) in [6, 6.07) is 12.3. The largest absolute Gasteiger partial charge is 0.508 e. The molecular weight excluding hydrogens is 889 g/mol. The molecule has 68 heavy (non-hydrogen) atoms. The molecule has 0 saturated carbocycles. The number of amides is 3. The number of likely N-dealkylation sites (N-methyl/N-ethyl adjacent to an activating group) is 2. The normalized spacial score (nSPS) is 23.4. The number of aryl methyl sites for hydroxylation is 1. The Hall–Kier alpha value is -5.40. The molecule has 8 rings (SSSR count). The number of aromatic nitrogens is 2. The number of carbonyl (C=O) groups excluding carboxylic acids is 4. The van der Waals surface area contributed by atoms with Gasteiger partial charge in [-0.25, -0.2) is 13.8 Å². The fraction of sp³-hybridized carbons (Fsp3) is 0.540. The van der Waals surface area contributed by atoms with E-state index in [0.717, 1.165) is 39.0 Å². The molecule has 6 bridgehead atoms. The van der Waals surface area contributed by atoms with Crippen LogP contribution in [0.5, 0.6) is 5.75 Å². The molecule has 0 spiro atoms. The van der Waals surface area contributed by atoms with Gasteiger partial charge >= 0.3 is 5.97 Å². The van der Waals surface area contributed by atoms with Gasteiger partial charge in [0.05, 0.1) is 30.0 Å². The van der Waals surface area contributed by atoms with Crippen LogP contribution >= 0.6 is 0 Å². The van der Waals surface area contributed by atoms with Crippen LogP contribution in [-0.4, -0.2) is 143 Å². The zero-order valence-electron chi connectivity index (χ0n) is 40.6. The Balaban J connectivity index is 1.17. The van der Waals surface area contributed by atoms with Gasteiger partial charge in [0.25, 0.3) is 5.91 Å². The van der Waals surface area contributed by atoms with Crippen molar-refractivity contribution in [3.05, 3.63) is 71.5 Å². The molecule has 0 radical (unpaired) electrons. The molecule has 6 atom stereocenters. The summed E-state index contributed by atoms with van der Waals surface area (Å²) in [5.41, 5.74) is 9.41. The van der Waals surface area contributed by atoms with E-state index in [0.29, 0.717) is 43.5 Å². The lowest BCUT2D eigenvalue weighted by molar-refractivity contribution is -0.155. The number of nitrogens with zero attached hydrogens (tertiary/aromatic N) is 6. The molecule has 3 N–H and O–H groups in total. The van der Waals surface area contributed by atoms with Crippen molar-refractivity contribution < 1.29 is 42.2 Å². The van der Waals surface area contributed by atoms with Gasteiger partial charge in [-0.2, -0.15) is 4.31 Å². The SMILES string of the molecule is CCn1c(-c2cccnc2[C@H](C)OC)c2c3cc(ccc31)-c1cc(O)cc(c1)C[C@H](NC(=O)[C@H](C(C)C)N(C)C(=O)C1CN(S(=O)(=O)[C@@H]3CN3C)C1)C(=O)N1CCC[C@H](N1)C(=O)OCC(C)(C)C2. The number of pyridine rings is 1. The smallest absolute Gasteiger partial charge is 0.324 e. The van der Waals surface area contributed by atoms with E-state index in [-0.39, 0.29) is 50.4 Å². The predicted octanol–water partition coefficient (Wildman–Crippen LogP) is 4.47. The van der Waals surface area contributed by atoms with Crippen LogP contribution in [0.1, 0.15) is 77.3 Å². The van der Waals surface area contributed by atoms with Crippen LogP contribution in [0.3, 0.4) is 0 Å². The van der Waals surface area contributed by atoms with Gasteiger partial charge in [-0.3, -0.25) is 34.1 Å². The molecule has 366 valence electrons.